The van der Waals surface area contributed by atoms with Gasteiger partial charge in [-0.3, -0.25) is 9.59 Å². The first-order valence-electron chi connectivity index (χ1n) is 9.40. The summed E-state index contributed by atoms with van der Waals surface area (Å²) in [6, 6.07) is 15.3. The first-order valence-corrected chi connectivity index (χ1v) is 9.40. The third-order valence-corrected chi connectivity index (χ3v) is 5.07. The highest BCUT2D eigenvalue weighted by atomic mass is 16.2. The van der Waals surface area contributed by atoms with E-state index in [0.29, 0.717) is 43.2 Å². The molecule has 2 aromatic rings. The molecule has 2 aromatic carbocycles. The maximum atomic E-state index is 12.7. The van der Waals surface area contributed by atoms with Crippen LogP contribution in [0.4, 0.5) is 0 Å². The molecule has 0 aromatic heterocycles. The number of hydrogen-bond donors (Lipinski definition) is 0. The van der Waals surface area contributed by atoms with Gasteiger partial charge in [0, 0.05) is 37.3 Å². The molecule has 0 spiro atoms. The zero-order valence-corrected chi connectivity index (χ0v) is 16.0. The first-order chi connectivity index (χ1) is 13.0. The fourth-order valence-electron chi connectivity index (χ4n) is 3.25. The molecule has 1 aliphatic rings. The van der Waals surface area contributed by atoms with Crippen molar-refractivity contribution in [2.75, 3.05) is 26.2 Å². The summed E-state index contributed by atoms with van der Waals surface area (Å²) in [5.41, 5.74) is 3.60. The third-order valence-electron chi connectivity index (χ3n) is 5.07. The van der Waals surface area contributed by atoms with Crippen molar-refractivity contribution in [3.05, 3.63) is 77.4 Å². The summed E-state index contributed by atoms with van der Waals surface area (Å²) in [5.74, 6) is 0.496. The van der Waals surface area contributed by atoms with Crippen molar-refractivity contribution in [1.82, 2.24) is 9.80 Å². The summed E-state index contributed by atoms with van der Waals surface area (Å²) in [4.78, 5) is 29.0. The van der Waals surface area contributed by atoms with Gasteiger partial charge in [0.05, 0.1) is 0 Å². The van der Waals surface area contributed by atoms with Gasteiger partial charge >= 0.3 is 0 Å². The van der Waals surface area contributed by atoms with E-state index in [4.69, 9.17) is 0 Å². The number of benzene rings is 2. The molecule has 0 aliphatic carbocycles. The average Bonchev–Trinajstić information content (AvgIpc) is 2.73. The second-order valence-corrected chi connectivity index (χ2v) is 7.19. The van der Waals surface area contributed by atoms with Gasteiger partial charge in [0.1, 0.15) is 0 Å². The molecule has 4 heteroatoms. The van der Waals surface area contributed by atoms with Crippen LogP contribution in [0.2, 0.25) is 0 Å². The minimum atomic E-state index is 0.0130. The summed E-state index contributed by atoms with van der Waals surface area (Å²) < 4.78 is 0. The monoisotopic (exact) mass is 362 g/mol. The molecule has 3 rings (SSSR count). The highest BCUT2D eigenvalue weighted by Crippen LogP contribution is 2.17. The lowest BCUT2D eigenvalue weighted by Gasteiger charge is -2.35. The number of piperazine rings is 1. The smallest absolute Gasteiger partial charge is 0.253 e. The summed E-state index contributed by atoms with van der Waals surface area (Å²) in [6.45, 7) is 10.2. The van der Waals surface area contributed by atoms with Crippen LogP contribution in [0.5, 0.6) is 0 Å². The highest BCUT2D eigenvalue weighted by molar-refractivity contribution is 5.96. The van der Waals surface area contributed by atoms with Gasteiger partial charge in [0.2, 0.25) is 0 Å². The zero-order chi connectivity index (χ0) is 19.4. The van der Waals surface area contributed by atoms with Crippen LogP contribution in [0.25, 0.3) is 6.08 Å². The molecule has 0 radical (unpaired) electrons. The van der Waals surface area contributed by atoms with Crippen LogP contribution in [0.3, 0.4) is 0 Å². The number of carbonyl (C=O) groups excluding carboxylic acids is 2. The topological polar surface area (TPSA) is 40.6 Å². The van der Waals surface area contributed by atoms with Gasteiger partial charge in [0.25, 0.3) is 11.8 Å². The Bertz CT molecular complexity index is 814. The Morgan fingerprint density at radius 1 is 0.815 bits per heavy atom. The van der Waals surface area contributed by atoms with E-state index >= 15 is 0 Å². The van der Waals surface area contributed by atoms with Crippen molar-refractivity contribution in [3.8, 4) is 0 Å². The van der Waals surface area contributed by atoms with Crippen molar-refractivity contribution in [3.63, 3.8) is 0 Å². The Kier molecular flexibility index (Phi) is 5.75. The Morgan fingerprint density at radius 3 is 1.59 bits per heavy atom. The summed E-state index contributed by atoms with van der Waals surface area (Å²) in [6.07, 6.45) is 1.76. The molecule has 0 unspecified atom stereocenters. The molecule has 4 nitrogen and oxygen atoms in total. The Hall–Kier alpha value is -2.88. The molecule has 1 heterocycles. The van der Waals surface area contributed by atoms with Gasteiger partial charge in [-0.1, -0.05) is 50.8 Å². The molecular weight excluding hydrogens is 336 g/mol. The summed E-state index contributed by atoms with van der Waals surface area (Å²) >= 11 is 0. The first kappa shape index (κ1) is 18.9. The number of nitrogens with zero attached hydrogens (tertiary/aromatic N) is 2. The molecule has 2 amide bonds. The predicted octanol–water partition coefficient (Wildman–Crippen LogP) is 4.05. The largest absolute Gasteiger partial charge is 0.335 e. The minimum absolute atomic E-state index is 0.0130. The van der Waals surface area contributed by atoms with E-state index < -0.39 is 0 Å². The van der Waals surface area contributed by atoms with E-state index in [2.05, 4.69) is 20.4 Å². The van der Waals surface area contributed by atoms with E-state index in [1.165, 1.54) is 5.56 Å². The van der Waals surface area contributed by atoms with Crippen molar-refractivity contribution in [2.24, 2.45) is 0 Å². The fourth-order valence-corrected chi connectivity index (χ4v) is 3.25. The van der Waals surface area contributed by atoms with Crippen molar-refractivity contribution in [1.29, 1.82) is 0 Å². The van der Waals surface area contributed by atoms with Gasteiger partial charge < -0.3 is 9.80 Å². The van der Waals surface area contributed by atoms with Crippen LogP contribution in [-0.2, 0) is 0 Å². The molecule has 140 valence electrons. The van der Waals surface area contributed by atoms with E-state index in [0.717, 1.165) is 5.56 Å². The Morgan fingerprint density at radius 2 is 1.22 bits per heavy atom. The maximum absolute atomic E-state index is 12.7. The second-order valence-electron chi connectivity index (χ2n) is 7.19. The molecule has 1 aliphatic heterocycles. The lowest BCUT2D eigenvalue weighted by molar-refractivity contribution is 0.0535. The number of amides is 2. The normalized spacial score (nSPS) is 14.3. The van der Waals surface area contributed by atoms with Crippen molar-refractivity contribution >= 4 is 17.9 Å². The maximum Gasteiger partial charge on any atom is 0.253 e. The predicted molar refractivity (Wildman–Crippen MR) is 109 cm³/mol. The quantitative estimate of drug-likeness (QED) is 0.823. The zero-order valence-electron chi connectivity index (χ0n) is 16.0. The summed E-state index contributed by atoms with van der Waals surface area (Å²) in [7, 11) is 0. The minimum Gasteiger partial charge on any atom is -0.335 e. The second kappa shape index (κ2) is 8.21. The van der Waals surface area contributed by atoms with Crippen molar-refractivity contribution in [2.45, 2.75) is 19.8 Å². The summed E-state index contributed by atoms with van der Waals surface area (Å²) in [5, 5.41) is 0. The van der Waals surface area contributed by atoms with E-state index in [1.54, 1.807) is 6.08 Å². The van der Waals surface area contributed by atoms with Gasteiger partial charge in [0.15, 0.2) is 0 Å². The van der Waals surface area contributed by atoms with E-state index in [-0.39, 0.29) is 11.8 Å². The average molecular weight is 362 g/mol. The third kappa shape index (κ3) is 4.27. The van der Waals surface area contributed by atoms with Crippen LogP contribution >= 0.6 is 0 Å². The molecular formula is C23H26N2O2. The van der Waals surface area contributed by atoms with E-state index in [9.17, 15) is 9.59 Å². The standard InChI is InChI=1S/C23H26N2O2/c1-4-18-5-7-20(8-6-18)22(26)24-13-15-25(16-14-24)23(27)21-11-9-19(10-12-21)17(2)3/h4-12,17H,1,13-16H2,2-3H3. The van der Waals surface area contributed by atoms with Crippen LogP contribution in [-0.4, -0.2) is 47.8 Å². The van der Waals surface area contributed by atoms with Gasteiger partial charge in [-0.15, -0.1) is 0 Å². The molecule has 27 heavy (non-hydrogen) atoms. The van der Waals surface area contributed by atoms with Gasteiger partial charge in [-0.25, -0.2) is 0 Å². The molecule has 0 saturated carbocycles. The molecule has 0 atom stereocenters. The Balaban J connectivity index is 1.59. The molecule has 0 N–H and O–H groups in total. The molecule has 0 bridgehead atoms. The number of hydrogen-bond acceptors (Lipinski definition) is 2. The van der Waals surface area contributed by atoms with E-state index in [1.807, 2.05) is 58.3 Å². The molecule has 1 fully saturated rings. The lowest BCUT2D eigenvalue weighted by Crippen LogP contribution is -2.50. The highest BCUT2D eigenvalue weighted by Gasteiger charge is 2.25. The van der Waals surface area contributed by atoms with Gasteiger partial charge in [-0.05, 0) is 41.3 Å². The van der Waals surface area contributed by atoms with Crippen LogP contribution in [0.1, 0.15) is 51.6 Å². The SMILES string of the molecule is C=Cc1ccc(C(=O)N2CCN(C(=O)c3ccc(C(C)C)cc3)CC2)cc1. The lowest BCUT2D eigenvalue weighted by atomic mass is 10.0. The van der Waals surface area contributed by atoms with Crippen LogP contribution in [0.15, 0.2) is 55.1 Å². The number of rotatable bonds is 4. The van der Waals surface area contributed by atoms with Crippen LogP contribution in [0, 0.1) is 0 Å². The Labute approximate surface area is 161 Å². The van der Waals surface area contributed by atoms with Crippen molar-refractivity contribution < 1.29 is 9.59 Å². The van der Waals surface area contributed by atoms with Gasteiger partial charge in [-0.2, -0.15) is 0 Å². The molecule has 1 saturated heterocycles. The number of carbonyl (C=O) groups is 2. The van der Waals surface area contributed by atoms with Crippen LogP contribution < -0.4 is 0 Å². The fraction of sp³-hybridized carbons (Fsp3) is 0.304.